The van der Waals surface area contributed by atoms with Gasteiger partial charge in [0.2, 0.25) is 0 Å². The highest BCUT2D eigenvalue weighted by atomic mass is 15.2. The van der Waals surface area contributed by atoms with Gasteiger partial charge in [0.1, 0.15) is 40.8 Å². The van der Waals surface area contributed by atoms with Gasteiger partial charge in [-0.05, 0) is 224 Å². The van der Waals surface area contributed by atoms with Crippen molar-refractivity contribution in [3.8, 4) is 85.4 Å². The molecule has 0 amide bonds. The zero-order valence-corrected chi connectivity index (χ0v) is 89.5. The second-order valence-corrected chi connectivity index (χ2v) is 41.1. The topological polar surface area (TPSA) is 44.0 Å². The van der Waals surface area contributed by atoms with Gasteiger partial charge in [-0.1, -0.05) is 357 Å². The predicted molar refractivity (Wildman–Crippen MR) is 597 cm³/mol. The van der Waals surface area contributed by atoms with Gasteiger partial charge in [-0.3, -0.25) is 0 Å². The fraction of sp³-hybridized carbons (Fsp3) is 0.305. The molecule has 5 aromatic heterocycles. The average molecular weight is 1870 g/mol. The molecule has 0 spiro atoms. The van der Waals surface area contributed by atoms with Gasteiger partial charge in [0, 0.05) is 51.4 Å². The number of aromatic nitrogens is 10. The molecule has 0 aliphatic carbocycles. The van der Waals surface area contributed by atoms with Crippen molar-refractivity contribution in [2.45, 2.75) is 232 Å². The van der Waals surface area contributed by atoms with E-state index < -0.39 is 29.5 Å². The molecule has 0 radical (unpaired) electrons. The third-order valence-corrected chi connectivity index (χ3v) is 28.2. The predicted octanol–water partition coefficient (Wildman–Crippen LogP) is 32.2. The number of benzene rings is 14. The molecule has 19 aromatic rings. The van der Waals surface area contributed by atoms with E-state index in [1.165, 1.54) is 123 Å². The molecule has 141 heavy (non-hydrogen) atoms. The van der Waals surface area contributed by atoms with Crippen LogP contribution in [-0.4, -0.2) is 22.8 Å². The average Bonchev–Trinajstić information content (AvgIpc) is 1.56. The third kappa shape index (κ3) is 20.2. The molecule has 0 bridgehead atoms. The second-order valence-electron chi connectivity index (χ2n) is 41.1. The number of hydrogen-bond acceptors (Lipinski definition) is 0. The maximum atomic E-state index is 9.16. The smallest absolute Gasteiger partial charge is 0.232 e. The summed E-state index contributed by atoms with van der Waals surface area (Å²) in [5, 5.41) is 0. The molecular weight excluding hydrogens is 1710 g/mol. The molecule has 0 unspecified atom stereocenters. The van der Waals surface area contributed by atoms with Crippen LogP contribution in [0.5, 0.6) is 0 Å². The first-order chi connectivity index (χ1) is 69.0. The Morgan fingerprint density at radius 2 is 0.475 bits per heavy atom. The van der Waals surface area contributed by atoms with E-state index in [2.05, 4.69) is 458 Å². The van der Waals surface area contributed by atoms with Crippen LogP contribution in [0, 0.1) is 34.6 Å². The molecule has 0 atom stereocenters. The minimum absolute atomic E-state index is 0.444. The first-order valence-corrected chi connectivity index (χ1v) is 50.6. The molecule has 0 fully saturated rings. The van der Waals surface area contributed by atoms with Gasteiger partial charge in [0.25, 0.3) is 29.1 Å². The van der Waals surface area contributed by atoms with E-state index in [1.807, 2.05) is 118 Å². The highest BCUT2D eigenvalue weighted by Crippen LogP contribution is 2.45. The monoisotopic (exact) mass is 1870 g/mol. The maximum Gasteiger partial charge on any atom is 0.295 e. The Morgan fingerprint density at radius 3 is 0.773 bits per heavy atom. The normalized spacial score (nSPS) is 12.6. The summed E-state index contributed by atoms with van der Waals surface area (Å²) in [6.45, 7) is 52.8. The SMILES string of the molecule is Cc1ccccc1-c1n(-c2c(C(C)C)cc(C(C)C)cc2C(C)C)cc[n+]1C.Cc1ccccc1-c1n(-c2c(C(C)C)cccc2C(C)C)c2ccccc2[n+]1C.Cc1ccccc1-c1n(-c2ccccc2)c2ccccc2[n+]1C.[2H]C(C)(C)c1cc(C([2H])(C)C)c(-n2c(-c3ccccc3C)[n+](C)c3ccccc32)c(C([2H])(C)C)c1.[2H]C(C)(C)c1cccc(C([2H])(C)C)c1-n1c(-c2ccccc2C)[n+](C)c2ccccc21. The van der Waals surface area contributed by atoms with Crippen LogP contribution in [0.1, 0.15) is 288 Å². The van der Waals surface area contributed by atoms with E-state index in [0.717, 1.165) is 89.6 Å². The van der Waals surface area contributed by atoms with Crippen molar-refractivity contribution in [3.63, 3.8) is 0 Å². The van der Waals surface area contributed by atoms with Crippen molar-refractivity contribution >= 4 is 44.1 Å². The van der Waals surface area contributed by atoms with Crippen molar-refractivity contribution < 1.29 is 29.7 Å². The Bertz CT molecular complexity index is 7860. The lowest BCUT2D eigenvalue weighted by atomic mass is 9.87. The summed E-state index contributed by atoms with van der Waals surface area (Å²) in [6, 6.07) is 109. The lowest BCUT2D eigenvalue weighted by molar-refractivity contribution is -0.659. The third-order valence-electron chi connectivity index (χ3n) is 28.2. The fourth-order valence-electron chi connectivity index (χ4n) is 20.6. The lowest BCUT2D eigenvalue weighted by Crippen LogP contribution is -2.30. The van der Waals surface area contributed by atoms with E-state index in [0.29, 0.717) is 29.6 Å². The van der Waals surface area contributed by atoms with Crippen LogP contribution in [0.2, 0.25) is 0 Å². The largest absolute Gasteiger partial charge is 0.295 e. The summed E-state index contributed by atoms with van der Waals surface area (Å²) in [6.07, 6.45) is 4.40. The van der Waals surface area contributed by atoms with E-state index >= 15 is 0 Å². The van der Waals surface area contributed by atoms with E-state index in [-0.39, 0.29) is 0 Å². The van der Waals surface area contributed by atoms with Gasteiger partial charge < -0.3 is 0 Å². The van der Waals surface area contributed by atoms with Gasteiger partial charge in [-0.25, -0.2) is 22.8 Å². The van der Waals surface area contributed by atoms with Crippen molar-refractivity contribution in [1.29, 1.82) is 0 Å². The number of aryl methyl sites for hydroxylation is 10. The van der Waals surface area contributed by atoms with Gasteiger partial charge in [-0.2, -0.15) is 22.8 Å². The molecule has 14 aromatic carbocycles. The first-order valence-electron chi connectivity index (χ1n) is 53.1. The molecule has 5 heterocycles. The van der Waals surface area contributed by atoms with Crippen molar-refractivity contribution in [3.05, 3.63) is 405 Å². The number of nitrogens with zero attached hydrogens (tertiary/aromatic N) is 10. The molecule has 0 N–H and O–H groups in total. The number of hydrogen-bond donors (Lipinski definition) is 0. The number of imidazole rings is 5. The fourth-order valence-corrected chi connectivity index (χ4v) is 20.6. The molecular formula is C131H153N10+5. The quantitative estimate of drug-likeness (QED) is 0.0683. The van der Waals surface area contributed by atoms with Crippen LogP contribution in [0.4, 0.5) is 0 Å². The summed E-state index contributed by atoms with van der Waals surface area (Å²) in [4.78, 5) is 0. The van der Waals surface area contributed by atoms with E-state index in [1.54, 1.807) is 0 Å². The summed E-state index contributed by atoms with van der Waals surface area (Å²) >= 11 is 0. The zero-order valence-electron chi connectivity index (χ0n) is 94.5. The number of rotatable bonds is 20. The van der Waals surface area contributed by atoms with Crippen molar-refractivity contribution in [2.24, 2.45) is 35.2 Å². The summed E-state index contributed by atoms with van der Waals surface area (Å²) in [7, 11) is 10.7. The Hall–Kier alpha value is -13.8. The van der Waals surface area contributed by atoms with Crippen molar-refractivity contribution in [2.75, 3.05) is 0 Å². The molecule has 0 saturated carbocycles. The lowest BCUT2D eigenvalue weighted by Gasteiger charge is -2.21. The summed E-state index contributed by atoms with van der Waals surface area (Å²) < 4.78 is 68.0. The Balaban J connectivity index is 0.000000138. The number of para-hydroxylation sites is 11. The minimum Gasteiger partial charge on any atom is -0.232 e. The molecule has 0 aliphatic rings. The number of fused-ring (bicyclic) bond motifs is 4. The second kappa shape index (κ2) is 43.5. The van der Waals surface area contributed by atoms with Crippen molar-refractivity contribution in [1.82, 2.24) is 22.8 Å². The minimum atomic E-state index is -0.941. The Kier molecular flexibility index (Phi) is 29.2. The summed E-state index contributed by atoms with van der Waals surface area (Å²) in [5.74, 6) is 3.72. The first kappa shape index (κ1) is 94.8. The van der Waals surface area contributed by atoms with Gasteiger partial charge >= 0.3 is 0 Å². The van der Waals surface area contributed by atoms with Crippen LogP contribution in [0.3, 0.4) is 0 Å². The maximum absolute atomic E-state index is 9.16. The van der Waals surface area contributed by atoms with Crippen LogP contribution >= 0.6 is 0 Å². The van der Waals surface area contributed by atoms with E-state index in [4.69, 9.17) is 6.85 Å². The summed E-state index contributed by atoms with van der Waals surface area (Å²) in [5.41, 5.74) is 38.6. The Labute approximate surface area is 849 Å². The highest BCUT2D eigenvalue weighted by molar-refractivity contribution is 5.85. The van der Waals surface area contributed by atoms with Crippen LogP contribution in [-0.2, 0) is 35.2 Å². The Morgan fingerprint density at radius 1 is 0.220 bits per heavy atom. The van der Waals surface area contributed by atoms with Gasteiger partial charge in [0.05, 0.1) is 63.1 Å². The molecule has 10 heteroatoms. The molecule has 722 valence electrons. The highest BCUT2D eigenvalue weighted by Gasteiger charge is 2.38. The zero-order chi connectivity index (χ0) is 106. The van der Waals surface area contributed by atoms with Crippen LogP contribution in [0.15, 0.2) is 322 Å². The molecule has 19 rings (SSSR count). The van der Waals surface area contributed by atoms with Gasteiger partial charge in [0.15, 0.2) is 44.1 Å². The molecule has 0 saturated heterocycles. The van der Waals surface area contributed by atoms with E-state index in [9.17, 15) is 0 Å². The standard InChI is InChI=1S/C30H37N2.2C27H31N2.C26H35N2.C21H19N2/c1-19(2)23-17-25(20(3)4)29(26(18-23)21(5)6)32-28-16-12-11-15-27(28)31(8)30(32)24-14-10-9-13-22(24)7;2*1-18(2)21-14-11-15-22(19(3)4)26(21)29-25-17-10-9-16-24(25)28(6)27(29)23-13-8-7-12-20(23)5;1-17(2)21-15-23(18(3)4)25(24(16-21)19(5)6)28-14-13-27(8)26(28)22-12-10-9-11-20(22)7;1-16-10-6-7-13-18(16)21-22(2)19-14-8-9-15-20(19)23(21)17-11-4-3-5-12-17/h9-21H,1-8H3;2*7-19H,1-6H3;9-19H,1-8H3;3-15H,1-2H3/q5*+1/i19D,20D,21D;18D,19D;;;. The molecule has 10 nitrogen and oxygen atoms in total. The van der Waals surface area contributed by atoms with Gasteiger partial charge in [-0.15, -0.1) is 0 Å². The van der Waals surface area contributed by atoms with Crippen LogP contribution in [0.25, 0.3) is 130 Å². The van der Waals surface area contributed by atoms with Crippen LogP contribution < -0.4 is 22.8 Å². The molecule has 0 aliphatic heterocycles.